The molecule has 0 aromatic heterocycles. The van der Waals surface area contributed by atoms with Gasteiger partial charge in [0.15, 0.2) is 12.6 Å². The zero-order valence-corrected chi connectivity index (χ0v) is 55.2. The second kappa shape index (κ2) is 57.8. The molecule has 14 nitrogen and oxygen atoms in total. The van der Waals surface area contributed by atoms with Crippen LogP contribution in [0.25, 0.3) is 0 Å². The first kappa shape index (κ1) is 81.0. The molecule has 0 spiro atoms. The number of nitrogens with one attached hydrogen (secondary N) is 1. The van der Waals surface area contributed by atoms with Gasteiger partial charge in [-0.05, 0) is 89.9 Å². The maximum atomic E-state index is 13.3. The minimum atomic E-state index is -1.80. The van der Waals surface area contributed by atoms with Crippen LogP contribution in [0.1, 0.15) is 271 Å². The summed E-state index contributed by atoms with van der Waals surface area (Å²) in [5.74, 6) is -0.274. The monoisotopic (exact) mass is 1240 g/mol. The van der Waals surface area contributed by atoms with Crippen LogP contribution in [0.4, 0.5) is 0 Å². The number of hydrogen-bond donors (Lipinski definition) is 9. The van der Waals surface area contributed by atoms with Crippen LogP contribution in [-0.2, 0) is 23.7 Å². The molecule has 2 rings (SSSR count). The van der Waals surface area contributed by atoms with Gasteiger partial charge in [0, 0.05) is 6.42 Å². The minimum Gasteiger partial charge on any atom is -0.394 e. The second-order valence-electron chi connectivity index (χ2n) is 24.6. The number of hydrogen-bond acceptors (Lipinski definition) is 13. The van der Waals surface area contributed by atoms with Crippen LogP contribution in [0.3, 0.4) is 0 Å². The van der Waals surface area contributed by atoms with Gasteiger partial charge in [0.25, 0.3) is 0 Å². The molecule has 1 amide bonds. The molecule has 508 valence electrons. The molecule has 2 saturated heterocycles. The Morgan fingerprint density at radius 2 is 0.795 bits per heavy atom. The van der Waals surface area contributed by atoms with Crippen molar-refractivity contribution in [3.63, 3.8) is 0 Å². The molecule has 0 saturated carbocycles. The van der Waals surface area contributed by atoms with E-state index in [-0.39, 0.29) is 18.9 Å². The highest BCUT2D eigenvalue weighted by Crippen LogP contribution is 2.30. The summed E-state index contributed by atoms with van der Waals surface area (Å²) in [6.45, 7) is 2.66. The van der Waals surface area contributed by atoms with Gasteiger partial charge in [-0.1, -0.05) is 272 Å². The van der Waals surface area contributed by atoms with Gasteiger partial charge in [0.2, 0.25) is 5.91 Å². The lowest BCUT2D eigenvalue weighted by atomic mass is 9.97. The van der Waals surface area contributed by atoms with Crippen LogP contribution >= 0.6 is 0 Å². The summed E-state index contributed by atoms with van der Waals surface area (Å²) in [6, 6.07) is -0.957. The van der Waals surface area contributed by atoms with Gasteiger partial charge < -0.3 is 65.1 Å². The Morgan fingerprint density at radius 3 is 1.25 bits per heavy atom. The topological polar surface area (TPSA) is 228 Å². The van der Waals surface area contributed by atoms with E-state index >= 15 is 0 Å². The second-order valence-corrected chi connectivity index (χ2v) is 24.6. The third-order valence-electron chi connectivity index (χ3n) is 16.7. The van der Waals surface area contributed by atoms with Crippen molar-refractivity contribution in [1.29, 1.82) is 0 Å². The molecule has 2 heterocycles. The SMILES string of the molecule is CC/C=C\C/C=C\C/C=C\C/C=C\C/C=C\CCCCCCCC(=O)NC(COC1OC(CO)C(OC2OC(CO)C(O)C(O)C2O)C(O)C1O)C(O)/C=C/CC/C=C/CC/C=C/CCCCCCCCCCCCCCCCCCCCCCCCC. The Hall–Kier alpha value is -3.09. The molecule has 2 fully saturated rings. The van der Waals surface area contributed by atoms with Crippen molar-refractivity contribution in [2.75, 3.05) is 19.8 Å². The van der Waals surface area contributed by atoms with Crippen LogP contribution in [0.15, 0.2) is 97.2 Å². The van der Waals surface area contributed by atoms with E-state index in [2.05, 4.69) is 104 Å². The van der Waals surface area contributed by atoms with Crippen molar-refractivity contribution in [3.05, 3.63) is 97.2 Å². The van der Waals surface area contributed by atoms with Crippen molar-refractivity contribution >= 4 is 5.91 Å². The predicted octanol–water partition coefficient (Wildman–Crippen LogP) is 14.6. The lowest BCUT2D eigenvalue weighted by Gasteiger charge is -2.46. The van der Waals surface area contributed by atoms with Crippen molar-refractivity contribution in [2.45, 2.75) is 344 Å². The Labute approximate surface area is 534 Å². The highest BCUT2D eigenvalue weighted by Gasteiger charge is 2.51. The van der Waals surface area contributed by atoms with Gasteiger partial charge in [-0.2, -0.15) is 0 Å². The normalized spacial score (nSPS) is 23.8. The van der Waals surface area contributed by atoms with Gasteiger partial charge in [-0.3, -0.25) is 4.79 Å². The first-order valence-electron chi connectivity index (χ1n) is 35.5. The van der Waals surface area contributed by atoms with E-state index in [0.29, 0.717) is 12.8 Å². The van der Waals surface area contributed by atoms with Gasteiger partial charge in [0.05, 0.1) is 32.0 Å². The highest BCUT2D eigenvalue weighted by atomic mass is 16.7. The first-order valence-corrected chi connectivity index (χ1v) is 35.5. The van der Waals surface area contributed by atoms with Crippen LogP contribution in [0.2, 0.25) is 0 Å². The molecule has 0 aromatic carbocycles. The van der Waals surface area contributed by atoms with E-state index in [1.165, 1.54) is 148 Å². The molecule has 14 heteroatoms. The molecule has 88 heavy (non-hydrogen) atoms. The molecule has 12 unspecified atom stereocenters. The minimum absolute atomic E-state index is 0.242. The smallest absolute Gasteiger partial charge is 0.220 e. The van der Waals surface area contributed by atoms with E-state index in [0.717, 1.165) is 89.9 Å². The standard InChI is InChI=1S/C74H129NO13/c1-3-5-7-9-11-13-15-17-19-21-23-25-26-27-28-29-30-31-32-33-34-35-36-38-39-41-43-45-47-49-51-53-55-57-63(78)62(61-85-73-71(84)69(82)72(65(60-77)87-73)88-74-70(83)68(81)67(80)64(59-76)86-74)75-66(79)58-56-54-52-50-48-46-44-42-40-37-24-22-20-18-16-14-12-10-8-6-4-2/h6,8,12,14,18,20,24,37,39,41-42,44,47,49,55,57,62-65,67-74,76-78,80-84H,3-5,7,9-11,13,15-17,19,21-23,25-36,38,40,43,45-46,48,50-54,56,58-61H2,1-2H3,(H,75,79)/b8-6-,14-12-,20-18-,37-24-,41-39+,44-42-,49-47+,57-55+. The molecule has 0 aromatic rings. The van der Waals surface area contributed by atoms with E-state index < -0.39 is 86.8 Å². The quantitative estimate of drug-likeness (QED) is 0.0204. The van der Waals surface area contributed by atoms with E-state index in [1.54, 1.807) is 6.08 Å². The summed E-state index contributed by atoms with van der Waals surface area (Å²) in [6.07, 6.45) is 64.8. The molecular weight excluding hydrogens is 1110 g/mol. The lowest BCUT2D eigenvalue weighted by molar-refractivity contribution is -0.359. The number of allylic oxidation sites excluding steroid dienone is 15. The summed E-state index contributed by atoms with van der Waals surface area (Å²) >= 11 is 0. The molecule has 12 atom stereocenters. The van der Waals surface area contributed by atoms with Crippen molar-refractivity contribution in [1.82, 2.24) is 5.32 Å². The average molecular weight is 1240 g/mol. The van der Waals surface area contributed by atoms with Gasteiger partial charge in [-0.15, -0.1) is 0 Å². The summed E-state index contributed by atoms with van der Waals surface area (Å²) < 4.78 is 22.8. The molecule has 2 aliphatic heterocycles. The van der Waals surface area contributed by atoms with Gasteiger partial charge in [-0.25, -0.2) is 0 Å². The summed E-state index contributed by atoms with van der Waals surface area (Å²) in [5.41, 5.74) is 0. The number of amides is 1. The van der Waals surface area contributed by atoms with E-state index in [9.17, 15) is 45.6 Å². The predicted molar refractivity (Wildman–Crippen MR) is 359 cm³/mol. The summed E-state index contributed by atoms with van der Waals surface area (Å²) in [4.78, 5) is 13.3. The van der Waals surface area contributed by atoms with Crippen molar-refractivity contribution in [2.24, 2.45) is 0 Å². The van der Waals surface area contributed by atoms with E-state index in [4.69, 9.17) is 18.9 Å². The molecule has 9 N–H and O–H groups in total. The fraction of sp³-hybridized carbons (Fsp3) is 0.770. The van der Waals surface area contributed by atoms with Crippen LogP contribution in [0, 0.1) is 0 Å². The number of aliphatic hydroxyl groups excluding tert-OH is 8. The Kier molecular flexibility index (Phi) is 53.2. The average Bonchev–Trinajstić information content (AvgIpc) is 2.01. The van der Waals surface area contributed by atoms with Crippen LogP contribution in [-0.4, -0.2) is 140 Å². The van der Waals surface area contributed by atoms with Crippen molar-refractivity contribution in [3.8, 4) is 0 Å². The maximum Gasteiger partial charge on any atom is 0.220 e. The van der Waals surface area contributed by atoms with Gasteiger partial charge in [0.1, 0.15) is 48.8 Å². The van der Waals surface area contributed by atoms with Crippen molar-refractivity contribution < 1.29 is 64.6 Å². The Bertz CT molecular complexity index is 1850. The summed E-state index contributed by atoms with van der Waals surface area (Å²) in [7, 11) is 0. The number of aliphatic hydroxyl groups is 8. The molecular formula is C74H129NO13. The molecule has 0 bridgehead atoms. The zero-order valence-electron chi connectivity index (χ0n) is 55.2. The number of unbranched alkanes of at least 4 members (excludes halogenated alkanes) is 30. The number of carbonyl (C=O) groups is 1. The number of carbonyl (C=O) groups excluding carboxylic acids is 1. The zero-order chi connectivity index (χ0) is 63.8. The van der Waals surface area contributed by atoms with Gasteiger partial charge >= 0.3 is 0 Å². The molecule has 0 radical (unpaired) electrons. The third kappa shape index (κ3) is 41.4. The fourth-order valence-corrected chi connectivity index (χ4v) is 11.1. The molecule has 2 aliphatic rings. The van der Waals surface area contributed by atoms with E-state index in [1.807, 2.05) is 6.08 Å². The third-order valence-corrected chi connectivity index (χ3v) is 16.7. The summed E-state index contributed by atoms with van der Waals surface area (Å²) in [5, 5.41) is 87.4. The highest BCUT2D eigenvalue weighted by molar-refractivity contribution is 5.76. The lowest BCUT2D eigenvalue weighted by Crippen LogP contribution is -2.65. The maximum absolute atomic E-state index is 13.3. The number of rotatable bonds is 57. The largest absolute Gasteiger partial charge is 0.394 e. The first-order chi connectivity index (χ1) is 43.1. The Morgan fingerprint density at radius 1 is 0.420 bits per heavy atom. The fourth-order valence-electron chi connectivity index (χ4n) is 11.1. The molecule has 0 aliphatic carbocycles. The Balaban J connectivity index is 1.70. The van der Waals surface area contributed by atoms with Crippen LogP contribution in [0.5, 0.6) is 0 Å². The number of ether oxygens (including phenoxy) is 4. The van der Waals surface area contributed by atoms with Crippen LogP contribution < -0.4 is 5.32 Å².